The van der Waals surface area contributed by atoms with Gasteiger partial charge in [0.05, 0.1) is 34.2 Å². The van der Waals surface area contributed by atoms with Crippen molar-refractivity contribution in [3.8, 4) is 23.1 Å². The average Bonchev–Trinajstić information content (AvgIpc) is 3.31. The largest absolute Gasteiger partial charge is 0.495 e. The second-order valence-corrected chi connectivity index (χ2v) is 10.6. The Kier molecular flexibility index (Phi) is 5.29. The molecule has 2 aromatic carbocycles. The van der Waals surface area contributed by atoms with E-state index in [0.717, 1.165) is 60.7 Å². The minimum atomic E-state index is -3.37. The van der Waals surface area contributed by atoms with E-state index in [1.807, 2.05) is 6.07 Å². The minimum absolute atomic E-state index is 0.302. The van der Waals surface area contributed by atoms with E-state index < -0.39 is 9.73 Å². The van der Waals surface area contributed by atoms with E-state index in [1.54, 1.807) is 36.4 Å². The Bertz CT molecular complexity index is 1380. The summed E-state index contributed by atoms with van der Waals surface area (Å²) < 4.78 is 28.0. The summed E-state index contributed by atoms with van der Waals surface area (Å²) in [5.74, 6) is 1.14. The second kappa shape index (κ2) is 8.16. The third kappa shape index (κ3) is 3.62. The van der Waals surface area contributed by atoms with Crippen molar-refractivity contribution >= 4 is 15.7 Å². The van der Waals surface area contributed by atoms with Crippen LogP contribution in [0.4, 0.5) is 5.95 Å². The number of fused-ring (bicyclic) bond motifs is 1. The first kappa shape index (κ1) is 21.4. The van der Waals surface area contributed by atoms with Crippen LogP contribution in [0.5, 0.6) is 5.75 Å². The first-order valence-electron chi connectivity index (χ1n) is 11.1. The minimum Gasteiger partial charge on any atom is -0.495 e. The molecule has 2 atom stereocenters. The molecule has 0 spiro atoms. The van der Waals surface area contributed by atoms with E-state index in [0.29, 0.717) is 27.1 Å². The molecule has 8 heteroatoms. The van der Waals surface area contributed by atoms with E-state index >= 15 is 0 Å². The predicted molar refractivity (Wildman–Crippen MR) is 126 cm³/mol. The Morgan fingerprint density at radius 3 is 2.61 bits per heavy atom. The lowest BCUT2D eigenvalue weighted by Crippen LogP contribution is -2.46. The monoisotopic (exact) mass is 459 g/mol. The van der Waals surface area contributed by atoms with Gasteiger partial charge in [0.2, 0.25) is 5.95 Å². The fourth-order valence-electron chi connectivity index (χ4n) is 4.50. The Hall–Kier alpha value is -3.44. The van der Waals surface area contributed by atoms with Crippen LogP contribution in [-0.2, 0) is 22.6 Å². The van der Waals surface area contributed by atoms with Crippen LogP contribution in [0.2, 0.25) is 0 Å². The molecular formula is C25H25N5O2S. The lowest BCUT2D eigenvalue weighted by molar-refractivity contribution is 0.404. The summed E-state index contributed by atoms with van der Waals surface area (Å²) in [4.78, 5) is 12.7. The van der Waals surface area contributed by atoms with Crippen LogP contribution in [0.1, 0.15) is 36.6 Å². The van der Waals surface area contributed by atoms with Crippen molar-refractivity contribution in [3.05, 3.63) is 59.3 Å². The van der Waals surface area contributed by atoms with Crippen LogP contribution in [0.25, 0.3) is 11.3 Å². The molecule has 5 rings (SSSR count). The van der Waals surface area contributed by atoms with Crippen molar-refractivity contribution in [2.24, 2.45) is 0 Å². The number of benzene rings is 2. The van der Waals surface area contributed by atoms with Gasteiger partial charge in [0.25, 0.3) is 0 Å². The van der Waals surface area contributed by atoms with Crippen molar-refractivity contribution < 1.29 is 8.95 Å². The van der Waals surface area contributed by atoms with Crippen LogP contribution in [0, 0.1) is 16.1 Å². The summed E-state index contributed by atoms with van der Waals surface area (Å²) in [6.07, 6.45) is 4.02. The van der Waals surface area contributed by atoms with Gasteiger partial charge in [-0.2, -0.15) is 5.26 Å². The van der Waals surface area contributed by atoms with Crippen molar-refractivity contribution in [3.63, 3.8) is 0 Å². The van der Waals surface area contributed by atoms with Crippen LogP contribution >= 0.6 is 0 Å². The Morgan fingerprint density at radius 1 is 1.18 bits per heavy atom. The molecule has 3 aromatic rings. The average molecular weight is 460 g/mol. The highest BCUT2D eigenvalue weighted by Crippen LogP contribution is 2.38. The number of aromatic nitrogens is 2. The Balaban J connectivity index is 1.64. The molecule has 1 fully saturated rings. The van der Waals surface area contributed by atoms with Gasteiger partial charge >= 0.3 is 0 Å². The molecule has 168 valence electrons. The van der Waals surface area contributed by atoms with Crippen molar-refractivity contribution in [2.45, 2.75) is 48.4 Å². The maximum Gasteiger partial charge on any atom is 0.226 e. The van der Waals surface area contributed by atoms with Crippen LogP contribution < -0.4 is 9.64 Å². The van der Waals surface area contributed by atoms with Crippen molar-refractivity contribution in [2.75, 3.05) is 18.6 Å². The number of nitrogens with one attached hydrogen (secondary N) is 1. The van der Waals surface area contributed by atoms with E-state index in [1.165, 1.54) is 7.11 Å². The van der Waals surface area contributed by atoms with E-state index in [2.05, 4.69) is 17.9 Å². The number of nitriles is 1. The molecule has 0 amide bonds. The molecule has 1 N–H and O–H groups in total. The van der Waals surface area contributed by atoms with Crippen LogP contribution in [0.15, 0.2) is 52.3 Å². The smallest absolute Gasteiger partial charge is 0.226 e. The molecule has 1 unspecified atom stereocenters. The summed E-state index contributed by atoms with van der Waals surface area (Å²) in [5.41, 5.74) is 4.35. The van der Waals surface area contributed by atoms with Gasteiger partial charge in [0.15, 0.2) is 0 Å². The van der Waals surface area contributed by atoms with Gasteiger partial charge in [-0.25, -0.2) is 19.0 Å². The van der Waals surface area contributed by atoms with Crippen LogP contribution in [0.3, 0.4) is 0 Å². The molecule has 0 saturated carbocycles. The van der Waals surface area contributed by atoms with Gasteiger partial charge in [0, 0.05) is 29.4 Å². The third-order valence-corrected chi connectivity index (χ3v) is 8.43. The molecule has 0 bridgehead atoms. The molecular weight excluding hydrogens is 434 g/mol. The number of hydrogen-bond acceptors (Lipinski definition) is 7. The number of aryl methyl sites for hydroxylation is 1. The molecule has 2 aliphatic rings. The third-order valence-electron chi connectivity index (χ3n) is 6.56. The molecule has 33 heavy (non-hydrogen) atoms. The van der Waals surface area contributed by atoms with Gasteiger partial charge in [-0.1, -0.05) is 0 Å². The zero-order valence-electron chi connectivity index (χ0n) is 18.7. The molecule has 2 heterocycles. The summed E-state index contributed by atoms with van der Waals surface area (Å²) in [7, 11) is -1.86. The first-order valence-corrected chi connectivity index (χ1v) is 12.6. The fourth-order valence-corrected chi connectivity index (χ4v) is 6.00. The summed E-state index contributed by atoms with van der Waals surface area (Å²) in [5, 5.41) is 9.07. The quantitative estimate of drug-likeness (QED) is 0.599. The number of methoxy groups -OCH3 is 1. The lowest BCUT2D eigenvalue weighted by Gasteiger charge is -2.39. The van der Waals surface area contributed by atoms with Crippen molar-refractivity contribution in [1.29, 1.82) is 10.0 Å². The second-order valence-electron chi connectivity index (χ2n) is 8.54. The van der Waals surface area contributed by atoms with Gasteiger partial charge < -0.3 is 9.64 Å². The summed E-state index contributed by atoms with van der Waals surface area (Å²) >= 11 is 0. The van der Waals surface area contributed by atoms with E-state index in [9.17, 15) is 4.21 Å². The zero-order chi connectivity index (χ0) is 23.2. The SMILES string of the molecule is COc1ccc(-c2nc(N3CC[C@@H]3C)nc3c2CCC3)cc1S(=N)(=O)c1ccc(C#N)cc1. The van der Waals surface area contributed by atoms with E-state index in [-0.39, 0.29) is 0 Å². The topological polar surface area (TPSA) is 103 Å². The molecule has 1 aliphatic heterocycles. The van der Waals surface area contributed by atoms with Crippen LogP contribution in [-0.4, -0.2) is 33.9 Å². The fraction of sp³-hybridized carbons (Fsp3) is 0.320. The highest BCUT2D eigenvalue weighted by Gasteiger charge is 2.30. The summed E-state index contributed by atoms with van der Waals surface area (Å²) in [6, 6.07) is 14.2. The number of nitrogens with zero attached hydrogens (tertiary/aromatic N) is 4. The predicted octanol–water partition coefficient (Wildman–Crippen LogP) is 4.58. The highest BCUT2D eigenvalue weighted by molar-refractivity contribution is 7.92. The molecule has 7 nitrogen and oxygen atoms in total. The van der Waals surface area contributed by atoms with Crippen molar-refractivity contribution in [1.82, 2.24) is 9.97 Å². The lowest BCUT2D eigenvalue weighted by atomic mass is 10.0. The Morgan fingerprint density at radius 2 is 1.97 bits per heavy atom. The maximum absolute atomic E-state index is 13.7. The standard InChI is InChI=1S/C25H25N5O2S/c1-16-12-13-30(16)25-28-21-5-3-4-20(21)24(29-25)18-8-11-22(32-2)23(14-18)33(27,31)19-9-6-17(15-26)7-10-19/h6-11,14,16,27H,3-5,12-13H2,1-2H3/t16-,33?/m0/s1. The number of rotatable bonds is 5. The van der Waals surface area contributed by atoms with Gasteiger partial charge in [0.1, 0.15) is 15.5 Å². The maximum atomic E-state index is 13.7. The number of ether oxygens (including phenoxy) is 1. The van der Waals surface area contributed by atoms with E-state index in [4.69, 9.17) is 24.7 Å². The van der Waals surface area contributed by atoms with Gasteiger partial charge in [-0.05, 0) is 75.1 Å². The summed E-state index contributed by atoms with van der Waals surface area (Å²) in [6.45, 7) is 3.13. The molecule has 0 radical (unpaired) electrons. The first-order chi connectivity index (χ1) is 15.9. The number of hydrogen-bond donors (Lipinski definition) is 1. The molecule has 1 saturated heterocycles. The Labute approximate surface area is 194 Å². The highest BCUT2D eigenvalue weighted by atomic mass is 32.2. The molecule has 1 aliphatic carbocycles. The van der Waals surface area contributed by atoms with Gasteiger partial charge in [-0.15, -0.1) is 0 Å². The number of anilines is 1. The molecule has 1 aromatic heterocycles. The zero-order valence-corrected chi connectivity index (χ0v) is 19.5. The normalized spacial score (nSPS) is 18.7. The van der Waals surface area contributed by atoms with Gasteiger partial charge in [-0.3, -0.25) is 0 Å².